The van der Waals surface area contributed by atoms with Gasteiger partial charge in [-0.25, -0.2) is 0 Å². The Hall–Kier alpha value is -3.11. The summed E-state index contributed by atoms with van der Waals surface area (Å²) in [5, 5.41) is 3.49. The molecule has 148 valence electrons. The fourth-order valence-electron chi connectivity index (χ4n) is 2.93. The number of amides is 1. The summed E-state index contributed by atoms with van der Waals surface area (Å²) < 4.78 is 5.86. The van der Waals surface area contributed by atoms with Crippen LogP contribution in [-0.4, -0.2) is 17.8 Å². The fourth-order valence-corrected chi connectivity index (χ4v) is 3.04. The Bertz CT molecular complexity index is 1020. The minimum absolute atomic E-state index is 0.149. The summed E-state index contributed by atoms with van der Waals surface area (Å²) >= 11 is 6.05. The SMILES string of the molecule is CC[C@@H](Oc1ccc(Cl)c(C)c1)C(=O)Nc1ccccc1C(=O)c1ccccc1. The first-order valence-corrected chi connectivity index (χ1v) is 9.80. The summed E-state index contributed by atoms with van der Waals surface area (Å²) in [5.74, 6) is 0.111. The largest absolute Gasteiger partial charge is 0.481 e. The number of carbonyl (C=O) groups is 2. The van der Waals surface area contributed by atoms with Crippen LogP contribution in [0.5, 0.6) is 5.75 Å². The van der Waals surface area contributed by atoms with Gasteiger partial charge < -0.3 is 10.1 Å². The van der Waals surface area contributed by atoms with Gasteiger partial charge >= 0.3 is 0 Å². The number of aryl methyl sites for hydroxylation is 1. The zero-order chi connectivity index (χ0) is 20.8. The molecule has 3 aromatic rings. The normalized spacial score (nSPS) is 11.6. The summed E-state index contributed by atoms with van der Waals surface area (Å²) in [6.45, 7) is 3.75. The van der Waals surface area contributed by atoms with Gasteiger partial charge in [-0.15, -0.1) is 0 Å². The van der Waals surface area contributed by atoms with E-state index in [4.69, 9.17) is 16.3 Å². The maximum absolute atomic E-state index is 12.9. The zero-order valence-corrected chi connectivity index (χ0v) is 17.1. The number of hydrogen-bond donors (Lipinski definition) is 1. The molecule has 3 rings (SSSR count). The lowest BCUT2D eigenvalue weighted by Gasteiger charge is -2.19. The Balaban J connectivity index is 1.79. The van der Waals surface area contributed by atoms with Crippen molar-refractivity contribution in [3.63, 3.8) is 0 Å². The van der Waals surface area contributed by atoms with E-state index in [1.54, 1.807) is 54.6 Å². The van der Waals surface area contributed by atoms with Crippen molar-refractivity contribution in [3.05, 3.63) is 94.5 Å². The summed E-state index contributed by atoms with van der Waals surface area (Å²) in [5.41, 5.74) is 2.33. The second-order valence-electron chi connectivity index (χ2n) is 6.66. The van der Waals surface area contributed by atoms with Crippen molar-refractivity contribution < 1.29 is 14.3 Å². The van der Waals surface area contributed by atoms with E-state index in [9.17, 15) is 9.59 Å². The molecule has 0 bridgehead atoms. The minimum Gasteiger partial charge on any atom is -0.481 e. The molecule has 29 heavy (non-hydrogen) atoms. The fraction of sp³-hybridized carbons (Fsp3) is 0.167. The lowest BCUT2D eigenvalue weighted by atomic mass is 10.0. The van der Waals surface area contributed by atoms with E-state index >= 15 is 0 Å². The van der Waals surface area contributed by atoms with Crippen LogP contribution in [0, 0.1) is 6.92 Å². The second kappa shape index (κ2) is 9.39. The van der Waals surface area contributed by atoms with Crippen molar-refractivity contribution in [2.24, 2.45) is 0 Å². The standard InChI is InChI=1S/C24H22ClNO3/c1-3-22(29-18-13-14-20(25)16(2)15-18)24(28)26-21-12-8-7-11-19(21)23(27)17-9-5-4-6-10-17/h4-15,22H,3H2,1-2H3,(H,26,28)/t22-/m1/s1. The highest BCUT2D eigenvalue weighted by Gasteiger charge is 2.21. The van der Waals surface area contributed by atoms with E-state index in [2.05, 4.69) is 5.32 Å². The Morgan fingerprint density at radius 2 is 1.69 bits per heavy atom. The van der Waals surface area contributed by atoms with Crippen molar-refractivity contribution >= 4 is 29.0 Å². The third-order valence-corrected chi connectivity index (χ3v) is 4.96. The number of carbonyl (C=O) groups excluding carboxylic acids is 2. The van der Waals surface area contributed by atoms with Gasteiger partial charge in [0.2, 0.25) is 0 Å². The van der Waals surface area contributed by atoms with Crippen LogP contribution in [0.25, 0.3) is 0 Å². The summed E-state index contributed by atoms with van der Waals surface area (Å²) in [4.78, 5) is 25.7. The summed E-state index contributed by atoms with van der Waals surface area (Å²) in [6.07, 6.45) is -0.224. The molecule has 1 N–H and O–H groups in total. The van der Waals surface area contributed by atoms with Gasteiger partial charge in [-0.3, -0.25) is 9.59 Å². The van der Waals surface area contributed by atoms with Crippen molar-refractivity contribution in [3.8, 4) is 5.75 Å². The molecule has 0 saturated carbocycles. The number of halogens is 1. The number of rotatable bonds is 7. The van der Waals surface area contributed by atoms with Crippen LogP contribution in [0.4, 0.5) is 5.69 Å². The molecule has 0 saturated heterocycles. The average molecular weight is 408 g/mol. The quantitative estimate of drug-likeness (QED) is 0.513. The molecule has 5 heteroatoms. The number of ether oxygens (including phenoxy) is 1. The lowest BCUT2D eigenvalue weighted by molar-refractivity contribution is -0.122. The number of ketones is 1. The first-order valence-electron chi connectivity index (χ1n) is 9.42. The molecule has 0 spiro atoms. The highest BCUT2D eigenvalue weighted by molar-refractivity contribution is 6.31. The molecule has 0 aliphatic rings. The topological polar surface area (TPSA) is 55.4 Å². The van der Waals surface area contributed by atoms with Gasteiger partial charge in [0, 0.05) is 16.1 Å². The van der Waals surface area contributed by atoms with Crippen LogP contribution in [0.3, 0.4) is 0 Å². The van der Waals surface area contributed by atoms with Crippen LogP contribution >= 0.6 is 11.6 Å². The number of anilines is 1. The van der Waals surface area contributed by atoms with Crippen molar-refractivity contribution in [1.29, 1.82) is 0 Å². The Morgan fingerprint density at radius 3 is 2.38 bits per heavy atom. The van der Waals surface area contributed by atoms with E-state index in [-0.39, 0.29) is 11.7 Å². The lowest BCUT2D eigenvalue weighted by Crippen LogP contribution is -2.33. The molecule has 0 aliphatic heterocycles. The van der Waals surface area contributed by atoms with E-state index in [0.717, 1.165) is 5.56 Å². The van der Waals surface area contributed by atoms with Gasteiger partial charge in [0.1, 0.15) is 5.75 Å². The molecule has 0 heterocycles. The Labute approximate surface area is 175 Å². The number of nitrogens with one attached hydrogen (secondary N) is 1. The molecule has 0 aromatic heterocycles. The molecule has 4 nitrogen and oxygen atoms in total. The van der Waals surface area contributed by atoms with Crippen molar-refractivity contribution in [2.75, 3.05) is 5.32 Å². The molecule has 0 radical (unpaired) electrons. The van der Waals surface area contributed by atoms with Crippen molar-refractivity contribution in [2.45, 2.75) is 26.4 Å². The predicted molar refractivity (Wildman–Crippen MR) is 116 cm³/mol. The second-order valence-corrected chi connectivity index (χ2v) is 7.06. The van der Waals surface area contributed by atoms with E-state index in [1.807, 2.05) is 32.0 Å². The molecule has 0 unspecified atom stereocenters. The van der Waals surface area contributed by atoms with Crippen LogP contribution in [0.1, 0.15) is 34.8 Å². The first kappa shape index (κ1) is 20.6. The van der Waals surface area contributed by atoms with Gasteiger partial charge in [-0.1, -0.05) is 61.0 Å². The smallest absolute Gasteiger partial charge is 0.265 e. The van der Waals surface area contributed by atoms with E-state index < -0.39 is 6.10 Å². The van der Waals surface area contributed by atoms with Crippen LogP contribution in [-0.2, 0) is 4.79 Å². The Kier molecular flexibility index (Phi) is 6.68. The molecular formula is C24H22ClNO3. The molecule has 0 fully saturated rings. The van der Waals surface area contributed by atoms with Gasteiger partial charge in [0.05, 0.1) is 5.69 Å². The maximum Gasteiger partial charge on any atom is 0.265 e. The van der Waals surface area contributed by atoms with Crippen LogP contribution in [0.15, 0.2) is 72.8 Å². The molecule has 1 amide bonds. The highest BCUT2D eigenvalue weighted by Crippen LogP contribution is 2.24. The summed E-state index contributed by atoms with van der Waals surface area (Å²) in [7, 11) is 0. The monoisotopic (exact) mass is 407 g/mol. The van der Waals surface area contributed by atoms with E-state index in [1.165, 1.54) is 0 Å². The molecule has 3 aromatic carbocycles. The van der Waals surface area contributed by atoms with Crippen LogP contribution in [0.2, 0.25) is 5.02 Å². The van der Waals surface area contributed by atoms with Crippen LogP contribution < -0.4 is 10.1 Å². The predicted octanol–water partition coefficient (Wildman–Crippen LogP) is 5.68. The van der Waals surface area contributed by atoms with E-state index in [0.29, 0.717) is 34.0 Å². The zero-order valence-electron chi connectivity index (χ0n) is 16.3. The highest BCUT2D eigenvalue weighted by atomic mass is 35.5. The number of hydrogen-bond acceptors (Lipinski definition) is 3. The number of benzene rings is 3. The molecular weight excluding hydrogens is 386 g/mol. The van der Waals surface area contributed by atoms with Gasteiger partial charge in [-0.05, 0) is 49.2 Å². The summed E-state index contributed by atoms with van der Waals surface area (Å²) in [6, 6.07) is 21.2. The molecule has 1 atom stereocenters. The van der Waals surface area contributed by atoms with Gasteiger partial charge in [0.25, 0.3) is 5.91 Å². The van der Waals surface area contributed by atoms with Gasteiger partial charge in [0.15, 0.2) is 11.9 Å². The van der Waals surface area contributed by atoms with Gasteiger partial charge in [-0.2, -0.15) is 0 Å². The molecule has 0 aliphatic carbocycles. The number of para-hydroxylation sites is 1. The Morgan fingerprint density at radius 1 is 1.00 bits per heavy atom. The van der Waals surface area contributed by atoms with Crippen molar-refractivity contribution in [1.82, 2.24) is 0 Å². The first-order chi connectivity index (χ1) is 14.0. The third-order valence-electron chi connectivity index (χ3n) is 4.54. The maximum atomic E-state index is 12.9. The average Bonchev–Trinajstić information content (AvgIpc) is 2.75. The minimum atomic E-state index is -0.699. The third kappa shape index (κ3) is 5.04.